The number of hydrogen-bond acceptors (Lipinski definition) is 5. The average molecular weight is 193 g/mol. The summed E-state index contributed by atoms with van der Waals surface area (Å²) in [6, 6.07) is 0. The van der Waals surface area contributed by atoms with Crippen molar-refractivity contribution >= 4 is 5.91 Å². The summed E-state index contributed by atoms with van der Waals surface area (Å²) in [6.45, 7) is 0.650. The normalized spacial score (nSPS) is 17.6. The maximum absolute atomic E-state index is 10.9. The summed E-state index contributed by atoms with van der Waals surface area (Å²) in [6.07, 6.45) is -3.72. The van der Waals surface area contributed by atoms with Crippen LogP contribution in [0.1, 0.15) is 6.92 Å². The highest BCUT2D eigenvalue weighted by atomic mass is 16.3. The second kappa shape index (κ2) is 5.87. The molecule has 1 amide bonds. The third-order valence-corrected chi connectivity index (χ3v) is 1.45. The summed E-state index contributed by atoms with van der Waals surface area (Å²) in [4.78, 5) is 10.9. The highest BCUT2D eigenvalue weighted by Gasteiger charge is 2.20. The molecule has 0 unspecified atom stereocenters. The zero-order chi connectivity index (χ0) is 10.4. The van der Waals surface area contributed by atoms with Gasteiger partial charge < -0.3 is 25.7 Å². The second-order valence-electron chi connectivity index (χ2n) is 2.77. The molecule has 6 nitrogen and oxygen atoms in total. The topological polar surface area (TPSA) is 110 Å². The molecule has 0 radical (unpaired) electrons. The van der Waals surface area contributed by atoms with Gasteiger partial charge in [-0.15, -0.1) is 0 Å². The Morgan fingerprint density at radius 3 is 2.31 bits per heavy atom. The Morgan fingerprint density at radius 2 is 1.92 bits per heavy atom. The first-order chi connectivity index (χ1) is 5.99. The molecule has 0 saturated carbocycles. The maximum atomic E-state index is 10.9. The van der Waals surface area contributed by atoms with Gasteiger partial charge in [0.05, 0.1) is 18.8 Å². The Balaban J connectivity index is 3.74. The molecule has 0 rings (SSSR count). The van der Waals surface area contributed by atoms with Crippen LogP contribution in [0.4, 0.5) is 0 Å². The van der Waals surface area contributed by atoms with Gasteiger partial charge in [-0.05, 0) is 6.92 Å². The number of hydrogen-bond donors (Lipinski definition) is 5. The molecule has 0 aromatic rings. The predicted molar refractivity (Wildman–Crippen MR) is 43.8 cm³/mol. The van der Waals surface area contributed by atoms with Gasteiger partial charge >= 0.3 is 0 Å². The van der Waals surface area contributed by atoms with Crippen molar-refractivity contribution in [3.63, 3.8) is 0 Å². The highest BCUT2D eigenvalue weighted by Crippen LogP contribution is 1.91. The van der Waals surface area contributed by atoms with E-state index in [9.17, 15) is 4.79 Å². The lowest BCUT2D eigenvalue weighted by molar-refractivity contribution is -0.134. The van der Waals surface area contributed by atoms with Crippen LogP contribution in [0, 0.1) is 0 Å². The predicted octanol–water partition coefficient (Wildman–Crippen LogP) is -2.80. The molecule has 0 aromatic heterocycles. The fraction of sp³-hybridized carbons (Fsp3) is 0.857. The lowest BCUT2D eigenvalue weighted by Gasteiger charge is -2.14. The first-order valence-electron chi connectivity index (χ1n) is 3.91. The van der Waals surface area contributed by atoms with E-state index >= 15 is 0 Å². The van der Waals surface area contributed by atoms with E-state index < -0.39 is 30.8 Å². The first-order valence-corrected chi connectivity index (χ1v) is 3.91. The number of rotatable bonds is 5. The van der Waals surface area contributed by atoms with Crippen LogP contribution >= 0.6 is 0 Å². The molecule has 0 fully saturated rings. The Bertz CT molecular complexity index is 161. The Kier molecular flexibility index (Phi) is 5.56. The maximum Gasteiger partial charge on any atom is 0.251 e. The summed E-state index contributed by atoms with van der Waals surface area (Å²) < 4.78 is 0. The minimum Gasteiger partial charge on any atom is -0.394 e. The van der Waals surface area contributed by atoms with Gasteiger partial charge in [0.1, 0.15) is 0 Å². The molecule has 0 aliphatic rings. The number of nitrogens with one attached hydrogen (secondary N) is 1. The number of aliphatic hydroxyl groups is 4. The molecule has 0 aliphatic carbocycles. The van der Waals surface area contributed by atoms with Crippen LogP contribution in [0.2, 0.25) is 0 Å². The van der Waals surface area contributed by atoms with Gasteiger partial charge in [0.15, 0.2) is 6.10 Å². The molecule has 13 heavy (non-hydrogen) atoms. The summed E-state index contributed by atoms with van der Waals surface area (Å²) in [5, 5.41) is 37.1. The van der Waals surface area contributed by atoms with Gasteiger partial charge in [0.2, 0.25) is 0 Å². The lowest BCUT2D eigenvalue weighted by Crippen LogP contribution is -2.44. The van der Waals surface area contributed by atoms with E-state index in [1.54, 1.807) is 0 Å². The van der Waals surface area contributed by atoms with E-state index in [1.807, 2.05) is 0 Å². The minimum atomic E-state index is -1.51. The van der Waals surface area contributed by atoms with Crippen LogP contribution in [0.15, 0.2) is 0 Å². The molecular formula is C7H15NO5. The lowest BCUT2D eigenvalue weighted by atomic mass is 10.2. The van der Waals surface area contributed by atoms with E-state index in [0.717, 1.165) is 0 Å². The van der Waals surface area contributed by atoms with Gasteiger partial charge in [-0.1, -0.05) is 0 Å². The van der Waals surface area contributed by atoms with Crippen LogP contribution in [0.5, 0.6) is 0 Å². The number of amides is 1. The van der Waals surface area contributed by atoms with Gasteiger partial charge in [-0.25, -0.2) is 0 Å². The number of carbonyl (C=O) groups is 1. The molecule has 0 aliphatic heterocycles. The van der Waals surface area contributed by atoms with Crippen molar-refractivity contribution in [3.05, 3.63) is 0 Å². The van der Waals surface area contributed by atoms with Crippen LogP contribution in [-0.4, -0.2) is 57.8 Å². The van der Waals surface area contributed by atoms with Crippen molar-refractivity contribution in [2.75, 3.05) is 13.2 Å². The van der Waals surface area contributed by atoms with Crippen molar-refractivity contribution in [2.45, 2.75) is 25.2 Å². The van der Waals surface area contributed by atoms with Crippen LogP contribution < -0.4 is 5.32 Å². The van der Waals surface area contributed by atoms with Gasteiger partial charge in [-0.3, -0.25) is 4.79 Å². The average Bonchev–Trinajstić information content (AvgIpc) is 2.11. The Morgan fingerprint density at radius 1 is 1.38 bits per heavy atom. The summed E-state index contributed by atoms with van der Waals surface area (Å²) in [7, 11) is 0. The molecule has 0 bridgehead atoms. The highest BCUT2D eigenvalue weighted by molar-refractivity contribution is 5.81. The smallest absolute Gasteiger partial charge is 0.251 e. The van der Waals surface area contributed by atoms with Crippen molar-refractivity contribution in [2.24, 2.45) is 0 Å². The molecule has 5 N–H and O–H groups in total. The fourth-order valence-electron chi connectivity index (χ4n) is 0.607. The van der Waals surface area contributed by atoms with Crippen LogP contribution in [0.3, 0.4) is 0 Å². The van der Waals surface area contributed by atoms with Crippen molar-refractivity contribution < 1.29 is 25.2 Å². The molecule has 0 saturated heterocycles. The second-order valence-corrected chi connectivity index (χ2v) is 2.77. The zero-order valence-electron chi connectivity index (χ0n) is 7.34. The minimum absolute atomic E-state index is 0.154. The third kappa shape index (κ3) is 4.79. The van der Waals surface area contributed by atoms with Crippen molar-refractivity contribution in [1.29, 1.82) is 0 Å². The van der Waals surface area contributed by atoms with E-state index in [2.05, 4.69) is 5.32 Å². The van der Waals surface area contributed by atoms with Gasteiger partial charge in [0.25, 0.3) is 5.91 Å². The molecule has 0 heterocycles. The Labute approximate surface area is 75.8 Å². The summed E-state index contributed by atoms with van der Waals surface area (Å²) in [5.41, 5.74) is 0. The molecule has 78 valence electrons. The van der Waals surface area contributed by atoms with E-state index in [4.69, 9.17) is 20.4 Å². The largest absolute Gasteiger partial charge is 0.394 e. The van der Waals surface area contributed by atoms with Crippen LogP contribution in [0.25, 0.3) is 0 Å². The van der Waals surface area contributed by atoms with Gasteiger partial charge in [-0.2, -0.15) is 0 Å². The SMILES string of the molecule is C[C@H](O)[C@@H](O)C(=O)NC[C@H](O)CO. The summed E-state index contributed by atoms with van der Waals surface area (Å²) >= 11 is 0. The molecule has 3 atom stereocenters. The van der Waals surface area contributed by atoms with Gasteiger partial charge in [0, 0.05) is 6.54 Å². The quantitative estimate of drug-likeness (QED) is 0.324. The van der Waals surface area contributed by atoms with E-state index in [0.29, 0.717) is 0 Å². The summed E-state index contributed by atoms with van der Waals surface area (Å²) in [5.74, 6) is -0.775. The Hall–Kier alpha value is -0.690. The molecule has 0 aromatic carbocycles. The van der Waals surface area contributed by atoms with E-state index in [-0.39, 0.29) is 6.54 Å². The van der Waals surface area contributed by atoms with Crippen LogP contribution in [-0.2, 0) is 4.79 Å². The van der Waals surface area contributed by atoms with E-state index in [1.165, 1.54) is 6.92 Å². The third-order valence-electron chi connectivity index (χ3n) is 1.45. The fourth-order valence-corrected chi connectivity index (χ4v) is 0.607. The van der Waals surface area contributed by atoms with Crippen molar-refractivity contribution in [1.82, 2.24) is 5.32 Å². The standard InChI is InChI=1S/C7H15NO5/c1-4(10)6(12)7(13)8-2-5(11)3-9/h4-6,9-12H,2-3H2,1H3,(H,8,13)/t4-,5-,6+/m0/s1. The zero-order valence-corrected chi connectivity index (χ0v) is 7.34. The monoisotopic (exact) mass is 193 g/mol. The molecule has 0 spiro atoms. The molecular weight excluding hydrogens is 178 g/mol. The molecule has 6 heteroatoms. The number of aliphatic hydroxyl groups excluding tert-OH is 4. The van der Waals surface area contributed by atoms with Crippen molar-refractivity contribution in [3.8, 4) is 0 Å². The first kappa shape index (κ1) is 12.3. The number of carbonyl (C=O) groups excluding carboxylic acids is 1.